The van der Waals surface area contributed by atoms with E-state index in [1.807, 2.05) is 11.8 Å². The van der Waals surface area contributed by atoms with Crippen LogP contribution in [0.2, 0.25) is 5.15 Å². The van der Waals surface area contributed by atoms with Crippen LogP contribution < -0.4 is 15.4 Å². The van der Waals surface area contributed by atoms with Gasteiger partial charge in [0.15, 0.2) is 5.82 Å². The van der Waals surface area contributed by atoms with Gasteiger partial charge >= 0.3 is 0 Å². The first-order chi connectivity index (χ1) is 14.6. The van der Waals surface area contributed by atoms with E-state index in [0.29, 0.717) is 36.9 Å². The number of carbonyl (C=O) groups is 1. The van der Waals surface area contributed by atoms with Crippen molar-refractivity contribution in [3.63, 3.8) is 0 Å². The van der Waals surface area contributed by atoms with Crippen LogP contribution in [0.15, 0.2) is 12.4 Å². The van der Waals surface area contributed by atoms with E-state index in [2.05, 4.69) is 15.4 Å². The van der Waals surface area contributed by atoms with Crippen molar-refractivity contribution in [2.24, 2.45) is 5.14 Å². The normalized spacial score (nSPS) is 15.9. The number of nitrogens with zero attached hydrogens (tertiary/aromatic N) is 5. The van der Waals surface area contributed by atoms with E-state index in [9.17, 15) is 22.0 Å². The van der Waals surface area contributed by atoms with Crippen molar-refractivity contribution in [1.82, 2.24) is 24.2 Å². The van der Waals surface area contributed by atoms with Crippen LogP contribution in [0.4, 0.5) is 14.6 Å². The summed E-state index contributed by atoms with van der Waals surface area (Å²) in [7, 11) is -4.07. The molecule has 14 heteroatoms. The van der Waals surface area contributed by atoms with Gasteiger partial charge in [0.25, 0.3) is 16.6 Å². The molecule has 31 heavy (non-hydrogen) atoms. The Morgan fingerprint density at radius 1 is 1.42 bits per heavy atom. The average Bonchev–Trinajstić information content (AvgIpc) is 3.00. The molecular formula is C17H24ClF2N7O3S. The van der Waals surface area contributed by atoms with Crippen LogP contribution in [0.3, 0.4) is 0 Å². The fourth-order valence-electron chi connectivity index (χ4n) is 3.77. The Hall–Kier alpha value is -2.09. The minimum Gasteiger partial charge on any atom is -0.355 e. The third-order valence-corrected chi connectivity index (χ3v) is 6.60. The van der Waals surface area contributed by atoms with E-state index in [1.165, 1.54) is 6.33 Å². The summed E-state index contributed by atoms with van der Waals surface area (Å²) in [4.78, 5) is 18.1. The van der Waals surface area contributed by atoms with Gasteiger partial charge in [-0.05, 0) is 31.4 Å². The van der Waals surface area contributed by atoms with Crippen LogP contribution in [0, 0.1) is 6.92 Å². The Balaban J connectivity index is 1.67. The summed E-state index contributed by atoms with van der Waals surface area (Å²) in [6, 6.07) is 1.38. The van der Waals surface area contributed by atoms with E-state index < -0.39 is 35.1 Å². The first-order valence-corrected chi connectivity index (χ1v) is 11.5. The van der Waals surface area contributed by atoms with Crippen LogP contribution >= 0.6 is 11.6 Å². The number of amides is 1. The highest BCUT2D eigenvalue weighted by molar-refractivity contribution is 7.86. The van der Waals surface area contributed by atoms with Gasteiger partial charge in [0.1, 0.15) is 17.0 Å². The van der Waals surface area contributed by atoms with Crippen molar-refractivity contribution in [2.45, 2.75) is 38.7 Å². The largest absolute Gasteiger partial charge is 0.355 e. The number of alkyl halides is 2. The van der Waals surface area contributed by atoms with Crippen molar-refractivity contribution in [3.05, 3.63) is 23.1 Å². The van der Waals surface area contributed by atoms with Crippen LogP contribution in [0.25, 0.3) is 5.52 Å². The quantitative estimate of drug-likeness (QED) is 0.580. The van der Waals surface area contributed by atoms with E-state index in [-0.39, 0.29) is 13.0 Å². The van der Waals surface area contributed by atoms with Gasteiger partial charge in [0, 0.05) is 32.1 Å². The van der Waals surface area contributed by atoms with Gasteiger partial charge in [-0.2, -0.15) is 17.8 Å². The van der Waals surface area contributed by atoms with Crippen molar-refractivity contribution in [2.75, 3.05) is 31.1 Å². The van der Waals surface area contributed by atoms with Gasteiger partial charge in [-0.1, -0.05) is 11.6 Å². The molecule has 10 nitrogen and oxygen atoms in total. The highest BCUT2D eigenvalue weighted by Crippen LogP contribution is 2.29. The number of rotatable bonds is 8. The number of aryl methyl sites for hydroxylation is 1. The molecule has 0 aromatic carbocycles. The molecule has 1 amide bonds. The van der Waals surface area contributed by atoms with E-state index in [4.69, 9.17) is 16.7 Å². The smallest absolute Gasteiger partial charge is 0.277 e. The molecule has 2 aromatic heterocycles. The second-order valence-electron chi connectivity index (χ2n) is 7.31. The van der Waals surface area contributed by atoms with Crippen LogP contribution in [-0.2, 0) is 15.0 Å². The lowest BCUT2D eigenvalue weighted by atomic mass is 10.0. The van der Waals surface area contributed by atoms with Crippen molar-refractivity contribution in [3.8, 4) is 0 Å². The molecule has 3 rings (SSSR count). The molecule has 0 atom stereocenters. The zero-order valence-corrected chi connectivity index (χ0v) is 18.4. The molecule has 1 fully saturated rings. The summed E-state index contributed by atoms with van der Waals surface area (Å²) in [5.74, 6) is 0.0433. The van der Waals surface area contributed by atoms with E-state index in [1.54, 1.807) is 10.6 Å². The Kier molecular flexibility index (Phi) is 7.29. The number of hydrogen-bond acceptors (Lipinski definition) is 6. The lowest BCUT2D eigenvalue weighted by Gasteiger charge is -2.37. The Morgan fingerprint density at radius 2 is 2.10 bits per heavy atom. The summed E-state index contributed by atoms with van der Waals surface area (Å²) in [5.41, 5.74) is 1.70. The number of nitrogens with one attached hydrogen (secondary N) is 1. The molecule has 172 valence electrons. The van der Waals surface area contributed by atoms with Gasteiger partial charge in [-0.3, -0.25) is 4.79 Å². The van der Waals surface area contributed by atoms with Crippen LogP contribution in [0.1, 0.15) is 24.8 Å². The number of carbonyl (C=O) groups excluding carboxylic acids is 1. The lowest BCUT2D eigenvalue weighted by molar-refractivity contribution is -0.121. The molecular weight excluding hydrogens is 456 g/mol. The first kappa shape index (κ1) is 23.6. The molecule has 1 aliphatic heterocycles. The Labute approximate surface area is 183 Å². The predicted molar refractivity (Wildman–Crippen MR) is 111 cm³/mol. The maximum atomic E-state index is 12.2. The maximum Gasteiger partial charge on any atom is 0.277 e. The summed E-state index contributed by atoms with van der Waals surface area (Å²) < 4.78 is 51.3. The Bertz CT molecular complexity index is 1040. The summed E-state index contributed by atoms with van der Waals surface area (Å²) >= 11 is 6.20. The van der Waals surface area contributed by atoms with Gasteiger partial charge in [-0.15, -0.1) is 0 Å². The van der Waals surface area contributed by atoms with Crippen LogP contribution in [0.5, 0.6) is 0 Å². The van der Waals surface area contributed by atoms with Crippen molar-refractivity contribution < 1.29 is 22.0 Å². The number of piperidine rings is 1. The lowest BCUT2D eigenvalue weighted by Crippen LogP contribution is -2.50. The molecule has 0 aliphatic carbocycles. The molecule has 0 bridgehead atoms. The standard InChI is InChI=1S/C17H24ClF2N7O3S/c1-11-8-13(18)27-16(11)17(23-10-24-27)25-5-2-12(3-6-25)26(31(21,29)30)7-4-15(28)22-9-14(19)20/h8,10,12,14H,2-7,9H2,1H3,(H,22,28)(H2,21,29,30). The molecule has 3 N–H and O–H groups in total. The number of anilines is 1. The number of halogens is 3. The average molecular weight is 480 g/mol. The number of fused-ring (bicyclic) bond motifs is 1. The highest BCUT2D eigenvalue weighted by atomic mass is 35.5. The number of aromatic nitrogens is 3. The fourth-order valence-corrected chi connectivity index (χ4v) is 5.03. The number of hydrogen-bond donors (Lipinski definition) is 2. The molecule has 3 heterocycles. The molecule has 0 saturated carbocycles. The summed E-state index contributed by atoms with van der Waals surface area (Å²) in [6.07, 6.45) is -0.598. The van der Waals surface area contributed by atoms with E-state index >= 15 is 0 Å². The monoisotopic (exact) mass is 479 g/mol. The Morgan fingerprint density at radius 3 is 2.71 bits per heavy atom. The fraction of sp³-hybridized carbons (Fsp3) is 0.588. The van der Waals surface area contributed by atoms with Gasteiger partial charge in [-0.25, -0.2) is 23.4 Å². The van der Waals surface area contributed by atoms with Crippen LogP contribution in [-0.4, -0.2) is 71.9 Å². The summed E-state index contributed by atoms with van der Waals surface area (Å²) in [5, 5.41) is 12.0. The SMILES string of the molecule is Cc1cc(Cl)n2ncnc(N3CCC(N(CCC(=O)NCC(F)F)S(N)(=O)=O)CC3)c12. The first-order valence-electron chi connectivity index (χ1n) is 9.66. The highest BCUT2D eigenvalue weighted by Gasteiger charge is 2.32. The number of nitrogens with two attached hydrogens (primary N) is 1. The molecule has 0 radical (unpaired) electrons. The molecule has 1 aliphatic rings. The van der Waals surface area contributed by atoms with Gasteiger partial charge < -0.3 is 10.2 Å². The second-order valence-corrected chi connectivity index (χ2v) is 9.20. The van der Waals surface area contributed by atoms with Gasteiger partial charge in [0.05, 0.1) is 6.54 Å². The van der Waals surface area contributed by atoms with Gasteiger partial charge in [0.2, 0.25) is 5.91 Å². The minimum absolute atomic E-state index is 0.177. The van der Waals surface area contributed by atoms with E-state index in [0.717, 1.165) is 15.4 Å². The minimum atomic E-state index is -4.07. The molecule has 0 unspecified atom stereocenters. The molecule has 1 saturated heterocycles. The topological polar surface area (TPSA) is 126 Å². The third kappa shape index (κ3) is 5.59. The second kappa shape index (κ2) is 9.59. The molecule has 0 spiro atoms. The zero-order chi connectivity index (χ0) is 22.8. The van der Waals surface area contributed by atoms with Crippen molar-refractivity contribution in [1.29, 1.82) is 0 Å². The van der Waals surface area contributed by atoms with Crippen molar-refractivity contribution >= 4 is 39.1 Å². The summed E-state index contributed by atoms with van der Waals surface area (Å²) in [6.45, 7) is 1.96. The third-order valence-electron chi connectivity index (χ3n) is 5.19. The zero-order valence-electron chi connectivity index (χ0n) is 16.8. The molecule has 2 aromatic rings. The predicted octanol–water partition coefficient (Wildman–Crippen LogP) is 0.937. The maximum absolute atomic E-state index is 12.2.